The van der Waals surface area contributed by atoms with Gasteiger partial charge in [0.25, 0.3) is 0 Å². The maximum atomic E-state index is 12.4. The van der Waals surface area contributed by atoms with Crippen LogP contribution in [0.5, 0.6) is 5.88 Å². The molecule has 138 valence electrons. The van der Waals surface area contributed by atoms with Crippen molar-refractivity contribution in [3.05, 3.63) is 54.0 Å². The van der Waals surface area contributed by atoms with Crippen LogP contribution in [0.1, 0.15) is 24.5 Å². The molecule has 0 radical (unpaired) electrons. The number of piperazine rings is 1. The van der Waals surface area contributed by atoms with E-state index in [1.807, 2.05) is 29.3 Å². The van der Waals surface area contributed by atoms with Gasteiger partial charge in [0, 0.05) is 57.4 Å². The first-order chi connectivity index (χ1) is 12.7. The van der Waals surface area contributed by atoms with Gasteiger partial charge in [-0.1, -0.05) is 19.1 Å². The van der Waals surface area contributed by atoms with Gasteiger partial charge in [-0.3, -0.25) is 14.7 Å². The maximum absolute atomic E-state index is 12.4. The summed E-state index contributed by atoms with van der Waals surface area (Å²) in [6.07, 6.45) is 6.77. The third-order valence-electron chi connectivity index (χ3n) is 4.46. The van der Waals surface area contributed by atoms with Crippen LogP contribution in [0.25, 0.3) is 0 Å². The van der Waals surface area contributed by atoms with Crippen LogP contribution in [0.2, 0.25) is 0 Å². The summed E-state index contributed by atoms with van der Waals surface area (Å²) < 4.78 is 5.52. The van der Waals surface area contributed by atoms with E-state index >= 15 is 0 Å². The molecule has 0 aliphatic carbocycles. The predicted octanol–water partition coefficient (Wildman–Crippen LogP) is 2.15. The summed E-state index contributed by atoms with van der Waals surface area (Å²) in [6, 6.07) is 7.81. The van der Waals surface area contributed by atoms with Gasteiger partial charge in [-0.2, -0.15) is 0 Å². The SMILES string of the molecule is CCCOc1ccc(CN2CCN(C(=O)Cc3cccnc3)CC2)cn1. The quantitative estimate of drug-likeness (QED) is 0.763. The van der Waals surface area contributed by atoms with Gasteiger partial charge in [-0.25, -0.2) is 4.98 Å². The van der Waals surface area contributed by atoms with E-state index in [9.17, 15) is 4.79 Å². The van der Waals surface area contributed by atoms with E-state index in [0.717, 1.165) is 44.7 Å². The Bertz CT molecular complexity index is 683. The first kappa shape index (κ1) is 18.3. The Hall–Kier alpha value is -2.47. The van der Waals surface area contributed by atoms with Crippen molar-refractivity contribution in [3.63, 3.8) is 0 Å². The molecule has 0 N–H and O–H groups in total. The number of amides is 1. The number of carbonyl (C=O) groups excluding carboxylic acids is 1. The normalized spacial score (nSPS) is 15.0. The Balaban J connectivity index is 1.44. The third-order valence-corrected chi connectivity index (χ3v) is 4.46. The fraction of sp³-hybridized carbons (Fsp3) is 0.450. The minimum Gasteiger partial charge on any atom is -0.478 e. The number of carbonyl (C=O) groups is 1. The first-order valence-electron chi connectivity index (χ1n) is 9.21. The molecule has 0 saturated carbocycles. The average Bonchev–Trinajstić information content (AvgIpc) is 2.69. The molecular formula is C20H26N4O2. The number of aromatic nitrogens is 2. The van der Waals surface area contributed by atoms with Gasteiger partial charge in [-0.15, -0.1) is 0 Å². The summed E-state index contributed by atoms with van der Waals surface area (Å²) in [5, 5.41) is 0. The molecule has 1 aliphatic heterocycles. The Kier molecular flexibility index (Phi) is 6.55. The van der Waals surface area contributed by atoms with Crippen molar-refractivity contribution in [1.82, 2.24) is 19.8 Å². The van der Waals surface area contributed by atoms with Crippen molar-refractivity contribution in [3.8, 4) is 5.88 Å². The van der Waals surface area contributed by atoms with Gasteiger partial charge >= 0.3 is 0 Å². The number of nitrogens with zero attached hydrogens (tertiary/aromatic N) is 4. The number of rotatable bonds is 7. The van der Waals surface area contributed by atoms with Crippen molar-refractivity contribution >= 4 is 5.91 Å². The van der Waals surface area contributed by atoms with E-state index in [-0.39, 0.29) is 5.91 Å². The fourth-order valence-electron chi connectivity index (χ4n) is 3.00. The van der Waals surface area contributed by atoms with E-state index in [4.69, 9.17) is 4.74 Å². The Morgan fingerprint density at radius 1 is 1.12 bits per heavy atom. The van der Waals surface area contributed by atoms with Gasteiger partial charge in [0.15, 0.2) is 0 Å². The van der Waals surface area contributed by atoms with Crippen molar-refractivity contribution in [2.24, 2.45) is 0 Å². The molecule has 1 fully saturated rings. The molecule has 0 unspecified atom stereocenters. The van der Waals surface area contributed by atoms with Gasteiger partial charge in [-0.05, 0) is 23.6 Å². The molecule has 6 heteroatoms. The second kappa shape index (κ2) is 9.29. The standard InChI is InChI=1S/C20H26N4O2/c1-2-12-26-19-6-5-18(15-22-19)16-23-8-10-24(11-9-23)20(25)13-17-4-3-7-21-14-17/h3-7,14-15H,2,8-13,16H2,1H3. The number of hydrogen-bond acceptors (Lipinski definition) is 5. The van der Waals surface area contributed by atoms with E-state index < -0.39 is 0 Å². The maximum Gasteiger partial charge on any atom is 0.227 e. The molecule has 26 heavy (non-hydrogen) atoms. The number of hydrogen-bond donors (Lipinski definition) is 0. The van der Waals surface area contributed by atoms with Gasteiger partial charge in [0.1, 0.15) is 0 Å². The van der Waals surface area contributed by atoms with Crippen LogP contribution in [0.15, 0.2) is 42.9 Å². The lowest BCUT2D eigenvalue weighted by atomic mass is 10.1. The second-order valence-corrected chi connectivity index (χ2v) is 6.55. The second-order valence-electron chi connectivity index (χ2n) is 6.55. The Morgan fingerprint density at radius 3 is 2.62 bits per heavy atom. The van der Waals surface area contributed by atoms with Crippen LogP contribution in [0.3, 0.4) is 0 Å². The molecule has 3 rings (SSSR count). The van der Waals surface area contributed by atoms with Crippen LogP contribution >= 0.6 is 0 Å². The van der Waals surface area contributed by atoms with Crippen molar-refractivity contribution in [1.29, 1.82) is 0 Å². The lowest BCUT2D eigenvalue weighted by Gasteiger charge is -2.34. The molecule has 3 heterocycles. The average molecular weight is 354 g/mol. The topological polar surface area (TPSA) is 58.6 Å². The van der Waals surface area contributed by atoms with Crippen molar-refractivity contribution < 1.29 is 9.53 Å². The molecule has 1 amide bonds. The van der Waals surface area contributed by atoms with Crippen LogP contribution in [-0.4, -0.2) is 58.5 Å². The van der Waals surface area contributed by atoms with E-state index in [1.54, 1.807) is 12.4 Å². The molecule has 1 aliphatic rings. The summed E-state index contributed by atoms with van der Waals surface area (Å²) in [7, 11) is 0. The zero-order valence-electron chi connectivity index (χ0n) is 15.3. The zero-order valence-corrected chi connectivity index (χ0v) is 15.3. The summed E-state index contributed by atoms with van der Waals surface area (Å²) in [5.41, 5.74) is 2.14. The lowest BCUT2D eigenvalue weighted by molar-refractivity contribution is -0.132. The highest BCUT2D eigenvalue weighted by Gasteiger charge is 2.21. The smallest absolute Gasteiger partial charge is 0.227 e. The fourth-order valence-corrected chi connectivity index (χ4v) is 3.00. The minimum atomic E-state index is 0.178. The number of ether oxygens (including phenoxy) is 1. The molecule has 2 aromatic heterocycles. The van der Waals surface area contributed by atoms with E-state index in [1.165, 1.54) is 5.56 Å². The Labute approximate surface area is 154 Å². The van der Waals surface area contributed by atoms with Crippen molar-refractivity contribution in [2.75, 3.05) is 32.8 Å². The largest absolute Gasteiger partial charge is 0.478 e. The lowest BCUT2D eigenvalue weighted by Crippen LogP contribution is -2.48. The first-order valence-corrected chi connectivity index (χ1v) is 9.21. The van der Waals surface area contributed by atoms with Gasteiger partial charge < -0.3 is 9.64 Å². The molecular weight excluding hydrogens is 328 g/mol. The number of pyridine rings is 2. The minimum absolute atomic E-state index is 0.178. The molecule has 2 aromatic rings. The summed E-state index contributed by atoms with van der Waals surface area (Å²) in [5.74, 6) is 0.859. The summed E-state index contributed by atoms with van der Waals surface area (Å²) >= 11 is 0. The Morgan fingerprint density at radius 2 is 1.96 bits per heavy atom. The summed E-state index contributed by atoms with van der Waals surface area (Å²) in [4.78, 5) is 25.1. The molecule has 1 saturated heterocycles. The predicted molar refractivity (Wildman–Crippen MR) is 99.8 cm³/mol. The van der Waals surface area contributed by atoms with E-state index in [2.05, 4.69) is 27.9 Å². The van der Waals surface area contributed by atoms with Gasteiger partial charge in [0.2, 0.25) is 11.8 Å². The summed E-state index contributed by atoms with van der Waals surface area (Å²) in [6.45, 7) is 6.93. The highest BCUT2D eigenvalue weighted by molar-refractivity contribution is 5.78. The van der Waals surface area contributed by atoms with Gasteiger partial charge in [0.05, 0.1) is 13.0 Å². The van der Waals surface area contributed by atoms with Crippen LogP contribution in [0, 0.1) is 0 Å². The third kappa shape index (κ3) is 5.26. The molecule has 0 bridgehead atoms. The molecule has 0 aromatic carbocycles. The van der Waals surface area contributed by atoms with Crippen LogP contribution < -0.4 is 4.74 Å². The van der Waals surface area contributed by atoms with Crippen molar-refractivity contribution in [2.45, 2.75) is 26.3 Å². The zero-order chi connectivity index (χ0) is 18.2. The molecule has 6 nitrogen and oxygen atoms in total. The van der Waals surface area contributed by atoms with Crippen LogP contribution in [-0.2, 0) is 17.8 Å². The van der Waals surface area contributed by atoms with E-state index in [0.29, 0.717) is 18.9 Å². The monoisotopic (exact) mass is 354 g/mol. The molecule has 0 spiro atoms. The highest BCUT2D eigenvalue weighted by atomic mass is 16.5. The highest BCUT2D eigenvalue weighted by Crippen LogP contribution is 2.12. The van der Waals surface area contributed by atoms with Crippen LogP contribution in [0.4, 0.5) is 0 Å². The molecule has 0 atom stereocenters.